The SMILES string of the molecule is CNC(CN(CC1CC1)C1CC1)c1cccc(F)c1F. The van der Waals surface area contributed by atoms with E-state index in [1.54, 1.807) is 12.1 Å². The number of halogens is 2. The van der Waals surface area contributed by atoms with E-state index in [1.807, 2.05) is 7.05 Å². The molecule has 20 heavy (non-hydrogen) atoms. The summed E-state index contributed by atoms with van der Waals surface area (Å²) in [4.78, 5) is 2.46. The van der Waals surface area contributed by atoms with Crippen LogP contribution in [-0.2, 0) is 0 Å². The van der Waals surface area contributed by atoms with Gasteiger partial charge in [0.1, 0.15) is 0 Å². The summed E-state index contributed by atoms with van der Waals surface area (Å²) in [7, 11) is 1.82. The molecule has 1 atom stereocenters. The molecule has 3 rings (SSSR count). The third-order valence-corrected chi connectivity index (χ3v) is 4.38. The number of hydrogen-bond acceptors (Lipinski definition) is 2. The van der Waals surface area contributed by atoms with Gasteiger partial charge in [0, 0.05) is 30.7 Å². The zero-order valence-electron chi connectivity index (χ0n) is 11.9. The molecule has 0 saturated heterocycles. The maximum absolute atomic E-state index is 13.9. The minimum Gasteiger partial charge on any atom is -0.312 e. The molecule has 0 amide bonds. The molecular weight excluding hydrogens is 258 g/mol. The molecule has 1 aromatic rings. The molecule has 0 radical (unpaired) electrons. The van der Waals surface area contributed by atoms with Crippen LogP contribution in [0, 0.1) is 17.6 Å². The highest BCUT2D eigenvalue weighted by molar-refractivity contribution is 5.23. The lowest BCUT2D eigenvalue weighted by atomic mass is 10.1. The minimum atomic E-state index is -0.761. The number of benzene rings is 1. The molecule has 1 aromatic carbocycles. The molecule has 2 saturated carbocycles. The Kier molecular flexibility index (Phi) is 4.03. The van der Waals surface area contributed by atoms with Gasteiger partial charge in [-0.2, -0.15) is 0 Å². The monoisotopic (exact) mass is 280 g/mol. The van der Waals surface area contributed by atoms with Crippen LogP contribution < -0.4 is 5.32 Å². The molecule has 2 fully saturated rings. The van der Waals surface area contributed by atoms with Gasteiger partial charge in [0.15, 0.2) is 11.6 Å². The predicted molar refractivity (Wildman–Crippen MR) is 75.5 cm³/mol. The molecule has 0 aliphatic heterocycles. The largest absolute Gasteiger partial charge is 0.312 e. The van der Waals surface area contributed by atoms with Crippen LogP contribution in [0.1, 0.15) is 37.3 Å². The van der Waals surface area contributed by atoms with Crippen LogP contribution in [0.4, 0.5) is 8.78 Å². The van der Waals surface area contributed by atoms with Crippen molar-refractivity contribution in [1.82, 2.24) is 10.2 Å². The Morgan fingerprint density at radius 3 is 2.60 bits per heavy atom. The van der Waals surface area contributed by atoms with E-state index in [1.165, 1.54) is 31.7 Å². The van der Waals surface area contributed by atoms with Crippen molar-refractivity contribution in [2.45, 2.75) is 37.8 Å². The number of rotatable bonds is 7. The molecule has 2 aliphatic carbocycles. The third kappa shape index (κ3) is 3.18. The lowest BCUT2D eigenvalue weighted by Gasteiger charge is -2.28. The Hall–Kier alpha value is -1.00. The quantitative estimate of drug-likeness (QED) is 0.825. The second-order valence-electron chi connectivity index (χ2n) is 6.11. The van der Waals surface area contributed by atoms with Gasteiger partial charge in [-0.25, -0.2) is 8.78 Å². The van der Waals surface area contributed by atoms with Crippen LogP contribution in [0.5, 0.6) is 0 Å². The van der Waals surface area contributed by atoms with Crippen LogP contribution >= 0.6 is 0 Å². The standard InChI is InChI=1S/C16H22F2N2/c1-19-15(13-3-2-4-14(17)16(13)18)10-20(12-7-8-12)9-11-5-6-11/h2-4,11-12,15,19H,5-10H2,1H3. The summed E-state index contributed by atoms with van der Waals surface area (Å²) in [6.07, 6.45) is 5.13. The maximum Gasteiger partial charge on any atom is 0.163 e. The van der Waals surface area contributed by atoms with E-state index in [2.05, 4.69) is 10.2 Å². The Balaban J connectivity index is 1.72. The van der Waals surface area contributed by atoms with Crippen LogP contribution in [-0.4, -0.2) is 31.1 Å². The van der Waals surface area contributed by atoms with E-state index in [0.717, 1.165) is 19.0 Å². The fourth-order valence-electron chi connectivity index (χ4n) is 2.81. The van der Waals surface area contributed by atoms with Gasteiger partial charge in [0.25, 0.3) is 0 Å². The van der Waals surface area contributed by atoms with Crippen molar-refractivity contribution in [1.29, 1.82) is 0 Å². The first kappa shape index (κ1) is 14.0. The molecule has 0 heterocycles. The fraction of sp³-hybridized carbons (Fsp3) is 0.625. The molecule has 0 spiro atoms. The summed E-state index contributed by atoms with van der Waals surface area (Å²) >= 11 is 0. The minimum absolute atomic E-state index is 0.148. The zero-order valence-corrected chi connectivity index (χ0v) is 11.9. The van der Waals surface area contributed by atoms with Crippen molar-refractivity contribution in [2.24, 2.45) is 5.92 Å². The normalized spacial score (nSPS) is 20.4. The highest BCUT2D eigenvalue weighted by Gasteiger charge is 2.35. The first-order valence-corrected chi connectivity index (χ1v) is 7.54. The van der Waals surface area contributed by atoms with Crippen molar-refractivity contribution < 1.29 is 8.78 Å². The number of likely N-dealkylation sites (N-methyl/N-ethyl adjacent to an activating group) is 1. The van der Waals surface area contributed by atoms with Crippen LogP contribution in [0.25, 0.3) is 0 Å². The Bertz CT molecular complexity index is 470. The van der Waals surface area contributed by atoms with Gasteiger partial charge in [-0.05, 0) is 44.7 Å². The fourth-order valence-corrected chi connectivity index (χ4v) is 2.81. The van der Waals surface area contributed by atoms with Gasteiger partial charge < -0.3 is 5.32 Å². The Morgan fingerprint density at radius 1 is 1.25 bits per heavy atom. The first-order chi connectivity index (χ1) is 9.69. The molecule has 2 aliphatic rings. The number of nitrogens with one attached hydrogen (secondary N) is 1. The molecule has 2 nitrogen and oxygen atoms in total. The molecule has 1 unspecified atom stereocenters. The van der Waals surface area contributed by atoms with Crippen molar-refractivity contribution in [3.8, 4) is 0 Å². The summed E-state index contributed by atoms with van der Waals surface area (Å²) < 4.78 is 27.3. The molecule has 1 N–H and O–H groups in total. The van der Waals surface area contributed by atoms with Gasteiger partial charge in [0.05, 0.1) is 0 Å². The van der Waals surface area contributed by atoms with E-state index in [4.69, 9.17) is 0 Å². The first-order valence-electron chi connectivity index (χ1n) is 7.54. The summed E-state index contributed by atoms with van der Waals surface area (Å²) in [6.45, 7) is 1.87. The van der Waals surface area contributed by atoms with E-state index in [9.17, 15) is 8.78 Å². The Morgan fingerprint density at radius 2 is 2.00 bits per heavy atom. The zero-order chi connectivity index (χ0) is 14.1. The second-order valence-corrected chi connectivity index (χ2v) is 6.11. The summed E-state index contributed by atoms with van der Waals surface area (Å²) in [5.41, 5.74) is 0.439. The van der Waals surface area contributed by atoms with Crippen LogP contribution in [0.15, 0.2) is 18.2 Å². The van der Waals surface area contributed by atoms with Crippen molar-refractivity contribution in [3.05, 3.63) is 35.4 Å². The molecular formula is C16H22F2N2. The average Bonchev–Trinajstić information content (AvgIpc) is 3.30. The van der Waals surface area contributed by atoms with Crippen molar-refractivity contribution in [2.75, 3.05) is 20.1 Å². The van der Waals surface area contributed by atoms with Gasteiger partial charge in [0.2, 0.25) is 0 Å². The molecule has 110 valence electrons. The number of hydrogen-bond donors (Lipinski definition) is 1. The van der Waals surface area contributed by atoms with E-state index >= 15 is 0 Å². The van der Waals surface area contributed by atoms with Gasteiger partial charge >= 0.3 is 0 Å². The summed E-state index contributed by atoms with van der Waals surface area (Å²) in [5.74, 6) is -0.651. The van der Waals surface area contributed by atoms with Crippen molar-refractivity contribution in [3.63, 3.8) is 0 Å². The second kappa shape index (κ2) is 5.78. The lowest BCUT2D eigenvalue weighted by Crippen LogP contribution is -2.37. The molecule has 0 aromatic heterocycles. The van der Waals surface area contributed by atoms with E-state index in [-0.39, 0.29) is 6.04 Å². The maximum atomic E-state index is 13.9. The predicted octanol–water partition coefficient (Wildman–Crippen LogP) is 3.10. The van der Waals surface area contributed by atoms with Crippen LogP contribution in [0.3, 0.4) is 0 Å². The average molecular weight is 280 g/mol. The molecule has 4 heteroatoms. The van der Waals surface area contributed by atoms with Gasteiger partial charge in [-0.15, -0.1) is 0 Å². The van der Waals surface area contributed by atoms with Gasteiger partial charge in [-0.3, -0.25) is 4.90 Å². The van der Waals surface area contributed by atoms with Gasteiger partial charge in [-0.1, -0.05) is 12.1 Å². The smallest absolute Gasteiger partial charge is 0.163 e. The number of nitrogens with zero attached hydrogens (tertiary/aromatic N) is 1. The topological polar surface area (TPSA) is 15.3 Å². The summed E-state index contributed by atoms with van der Waals surface area (Å²) in [6, 6.07) is 4.95. The Labute approximate surface area is 119 Å². The van der Waals surface area contributed by atoms with E-state index in [0.29, 0.717) is 11.6 Å². The molecule has 0 bridgehead atoms. The van der Waals surface area contributed by atoms with Crippen LogP contribution in [0.2, 0.25) is 0 Å². The highest BCUT2D eigenvalue weighted by Crippen LogP contribution is 2.36. The lowest BCUT2D eigenvalue weighted by molar-refractivity contribution is 0.225. The van der Waals surface area contributed by atoms with E-state index < -0.39 is 11.6 Å². The van der Waals surface area contributed by atoms with Crippen molar-refractivity contribution >= 4 is 0 Å². The summed E-state index contributed by atoms with van der Waals surface area (Å²) in [5, 5.41) is 3.14. The third-order valence-electron chi connectivity index (χ3n) is 4.38. The highest BCUT2D eigenvalue weighted by atomic mass is 19.2.